The molecular weight excluding hydrogens is 376 g/mol. The molecule has 1 aromatic heterocycles. The lowest BCUT2D eigenvalue weighted by Crippen LogP contribution is -2.42. The van der Waals surface area contributed by atoms with Gasteiger partial charge in [0.25, 0.3) is 11.8 Å². The SMILES string of the molecule is O=C1C(Nc2ccc3c(c2)OCO3)=C(c2cccs2)C(=O)N1C1CCCCC1. The van der Waals surface area contributed by atoms with Gasteiger partial charge in [0.05, 0.1) is 5.57 Å². The summed E-state index contributed by atoms with van der Waals surface area (Å²) in [7, 11) is 0. The van der Waals surface area contributed by atoms with Crippen molar-refractivity contribution in [1.82, 2.24) is 4.90 Å². The van der Waals surface area contributed by atoms with Crippen molar-refractivity contribution in [2.75, 3.05) is 12.1 Å². The van der Waals surface area contributed by atoms with Crippen LogP contribution in [0.15, 0.2) is 41.4 Å². The van der Waals surface area contributed by atoms with Crippen molar-refractivity contribution in [3.05, 3.63) is 46.3 Å². The van der Waals surface area contributed by atoms with Crippen LogP contribution in [0.4, 0.5) is 5.69 Å². The number of fused-ring (bicyclic) bond motifs is 1. The van der Waals surface area contributed by atoms with E-state index in [0.717, 1.165) is 30.6 Å². The molecule has 0 spiro atoms. The van der Waals surface area contributed by atoms with Gasteiger partial charge < -0.3 is 14.8 Å². The van der Waals surface area contributed by atoms with Crippen molar-refractivity contribution < 1.29 is 19.1 Å². The monoisotopic (exact) mass is 396 g/mol. The highest BCUT2D eigenvalue weighted by Crippen LogP contribution is 2.39. The smallest absolute Gasteiger partial charge is 0.278 e. The summed E-state index contributed by atoms with van der Waals surface area (Å²) in [6.45, 7) is 0.189. The molecule has 6 nitrogen and oxygen atoms in total. The fraction of sp³-hybridized carbons (Fsp3) is 0.333. The van der Waals surface area contributed by atoms with Gasteiger partial charge in [0.15, 0.2) is 11.5 Å². The third-order valence-electron chi connectivity index (χ3n) is 5.46. The van der Waals surface area contributed by atoms with Crippen LogP contribution >= 0.6 is 11.3 Å². The quantitative estimate of drug-likeness (QED) is 0.791. The second kappa shape index (κ2) is 6.98. The number of nitrogens with one attached hydrogen (secondary N) is 1. The number of benzene rings is 1. The highest BCUT2D eigenvalue weighted by atomic mass is 32.1. The number of rotatable bonds is 4. The van der Waals surface area contributed by atoms with E-state index in [0.29, 0.717) is 28.5 Å². The number of hydrogen-bond acceptors (Lipinski definition) is 6. The van der Waals surface area contributed by atoms with E-state index in [2.05, 4.69) is 5.32 Å². The Hall–Kier alpha value is -2.80. The molecular formula is C21H20N2O4S. The standard InChI is InChI=1S/C21H20N2O4S/c24-20-18(17-7-4-10-28-17)19(21(25)23(20)14-5-2-1-3-6-14)22-13-8-9-15-16(11-13)27-12-26-15/h4,7-11,14,22H,1-3,5-6,12H2. The van der Waals surface area contributed by atoms with Crippen LogP contribution in [0.1, 0.15) is 37.0 Å². The van der Waals surface area contributed by atoms with E-state index in [-0.39, 0.29) is 24.6 Å². The fourth-order valence-electron chi connectivity index (χ4n) is 4.10. The van der Waals surface area contributed by atoms with Gasteiger partial charge in [-0.15, -0.1) is 11.3 Å². The maximum absolute atomic E-state index is 13.3. The van der Waals surface area contributed by atoms with E-state index in [1.807, 2.05) is 23.6 Å². The number of imide groups is 1. The Labute approximate surface area is 166 Å². The Morgan fingerprint density at radius 3 is 2.61 bits per heavy atom. The first-order chi connectivity index (χ1) is 13.7. The van der Waals surface area contributed by atoms with Crippen LogP contribution in [0.3, 0.4) is 0 Å². The zero-order chi connectivity index (χ0) is 19.1. The lowest BCUT2D eigenvalue weighted by atomic mass is 9.94. The van der Waals surface area contributed by atoms with Crippen LogP contribution in [0.25, 0.3) is 5.57 Å². The normalized spacial score (nSPS) is 19.6. The maximum Gasteiger partial charge on any atom is 0.278 e. The molecule has 144 valence electrons. The second-order valence-corrected chi connectivity index (χ2v) is 8.14. The zero-order valence-electron chi connectivity index (χ0n) is 15.3. The van der Waals surface area contributed by atoms with Crippen LogP contribution in [0, 0.1) is 0 Å². The third-order valence-corrected chi connectivity index (χ3v) is 6.35. The van der Waals surface area contributed by atoms with Crippen LogP contribution in [-0.2, 0) is 9.59 Å². The summed E-state index contributed by atoms with van der Waals surface area (Å²) in [5, 5.41) is 5.12. The molecule has 2 amide bonds. The molecule has 0 unspecified atom stereocenters. The maximum atomic E-state index is 13.3. The first-order valence-electron chi connectivity index (χ1n) is 9.55. The van der Waals surface area contributed by atoms with Crippen LogP contribution in [0.5, 0.6) is 11.5 Å². The predicted molar refractivity (Wildman–Crippen MR) is 106 cm³/mol. The molecule has 5 rings (SSSR count). The first-order valence-corrected chi connectivity index (χ1v) is 10.4. The Morgan fingerprint density at radius 1 is 1.00 bits per heavy atom. The van der Waals surface area contributed by atoms with E-state index < -0.39 is 0 Å². The van der Waals surface area contributed by atoms with E-state index in [4.69, 9.17) is 9.47 Å². The largest absolute Gasteiger partial charge is 0.454 e. The molecule has 0 radical (unpaired) electrons. The predicted octanol–water partition coefficient (Wildman–Crippen LogP) is 4.00. The Balaban J connectivity index is 1.51. The lowest BCUT2D eigenvalue weighted by molar-refractivity contribution is -0.140. The molecule has 3 heterocycles. The topological polar surface area (TPSA) is 67.9 Å². The van der Waals surface area contributed by atoms with E-state index in [1.54, 1.807) is 12.1 Å². The van der Waals surface area contributed by atoms with Crippen LogP contribution in [-0.4, -0.2) is 29.5 Å². The molecule has 7 heteroatoms. The summed E-state index contributed by atoms with van der Waals surface area (Å²) in [5.41, 5.74) is 1.50. The Bertz CT molecular complexity index is 961. The number of hydrogen-bond donors (Lipinski definition) is 1. The minimum absolute atomic E-state index is 0.0141. The van der Waals surface area contributed by atoms with Crippen molar-refractivity contribution in [1.29, 1.82) is 0 Å². The Morgan fingerprint density at radius 2 is 1.82 bits per heavy atom. The van der Waals surface area contributed by atoms with Crippen LogP contribution < -0.4 is 14.8 Å². The van der Waals surface area contributed by atoms with Gasteiger partial charge in [-0.25, -0.2) is 0 Å². The summed E-state index contributed by atoms with van der Waals surface area (Å²) in [5.74, 6) is 0.875. The Kier molecular flexibility index (Phi) is 4.31. The molecule has 28 heavy (non-hydrogen) atoms. The molecule has 3 aliphatic rings. The number of anilines is 1. The molecule has 1 N–H and O–H groups in total. The fourth-order valence-corrected chi connectivity index (χ4v) is 4.87. The van der Waals surface area contributed by atoms with Crippen molar-refractivity contribution in [3.63, 3.8) is 0 Å². The number of carbonyl (C=O) groups is 2. The number of ether oxygens (including phenoxy) is 2. The van der Waals surface area contributed by atoms with Crippen molar-refractivity contribution in [2.45, 2.75) is 38.1 Å². The van der Waals surface area contributed by atoms with Gasteiger partial charge in [0.2, 0.25) is 6.79 Å². The van der Waals surface area contributed by atoms with E-state index in [1.165, 1.54) is 22.7 Å². The van der Waals surface area contributed by atoms with Crippen molar-refractivity contribution in [2.24, 2.45) is 0 Å². The van der Waals surface area contributed by atoms with Crippen LogP contribution in [0.2, 0.25) is 0 Å². The molecule has 2 aliphatic heterocycles. The van der Waals surface area contributed by atoms with Crippen molar-refractivity contribution >= 4 is 34.4 Å². The average molecular weight is 396 g/mol. The van der Waals surface area contributed by atoms with E-state index >= 15 is 0 Å². The molecule has 1 aromatic carbocycles. The molecule has 1 saturated carbocycles. The number of thiophene rings is 1. The summed E-state index contributed by atoms with van der Waals surface area (Å²) < 4.78 is 10.8. The number of amides is 2. The molecule has 1 fully saturated rings. The minimum Gasteiger partial charge on any atom is -0.454 e. The third kappa shape index (κ3) is 2.86. The summed E-state index contributed by atoms with van der Waals surface area (Å²) in [6.07, 6.45) is 5.04. The van der Waals surface area contributed by atoms with Gasteiger partial charge in [-0.05, 0) is 36.4 Å². The number of carbonyl (C=O) groups excluding carboxylic acids is 2. The highest BCUT2D eigenvalue weighted by molar-refractivity contribution is 7.11. The van der Waals surface area contributed by atoms with E-state index in [9.17, 15) is 9.59 Å². The zero-order valence-corrected chi connectivity index (χ0v) is 16.1. The van der Waals surface area contributed by atoms with Gasteiger partial charge in [0, 0.05) is 22.7 Å². The van der Waals surface area contributed by atoms with Gasteiger partial charge in [0.1, 0.15) is 5.70 Å². The molecule has 1 aliphatic carbocycles. The molecule has 0 saturated heterocycles. The minimum atomic E-state index is -0.238. The summed E-state index contributed by atoms with van der Waals surface area (Å²) in [4.78, 5) is 28.8. The van der Waals surface area contributed by atoms with Gasteiger partial charge in [-0.3, -0.25) is 14.5 Å². The van der Waals surface area contributed by atoms with Gasteiger partial charge >= 0.3 is 0 Å². The average Bonchev–Trinajstić information content (AvgIpc) is 3.43. The molecule has 0 atom stereocenters. The molecule has 0 bridgehead atoms. The van der Waals surface area contributed by atoms with Gasteiger partial charge in [-0.1, -0.05) is 25.3 Å². The first kappa shape index (κ1) is 17.3. The lowest BCUT2D eigenvalue weighted by Gasteiger charge is -2.29. The highest BCUT2D eigenvalue weighted by Gasteiger charge is 2.43. The summed E-state index contributed by atoms with van der Waals surface area (Å²) in [6, 6.07) is 9.19. The second-order valence-electron chi connectivity index (χ2n) is 7.19. The number of nitrogens with zero attached hydrogens (tertiary/aromatic N) is 1. The van der Waals surface area contributed by atoms with Crippen molar-refractivity contribution in [3.8, 4) is 11.5 Å². The molecule has 2 aromatic rings. The summed E-state index contributed by atoms with van der Waals surface area (Å²) >= 11 is 1.47. The van der Waals surface area contributed by atoms with Gasteiger partial charge in [-0.2, -0.15) is 0 Å².